The van der Waals surface area contributed by atoms with Crippen LogP contribution in [0.3, 0.4) is 0 Å². The van der Waals surface area contributed by atoms with E-state index in [1.165, 1.54) is 14.2 Å². The second-order valence-corrected chi connectivity index (χ2v) is 18.1. The van der Waals surface area contributed by atoms with E-state index in [9.17, 15) is 9.59 Å². The van der Waals surface area contributed by atoms with Crippen LogP contribution < -0.4 is 0 Å². The summed E-state index contributed by atoms with van der Waals surface area (Å²) in [4.78, 5) is 26.1. The zero-order chi connectivity index (χ0) is 25.1. The maximum Gasteiger partial charge on any atom is 0.333 e. The molecule has 5 unspecified atom stereocenters. The smallest absolute Gasteiger partial charge is 0.333 e. The van der Waals surface area contributed by atoms with E-state index in [1.54, 1.807) is 0 Å². The molecule has 5 atom stereocenters. The van der Waals surface area contributed by atoms with Crippen molar-refractivity contribution in [1.82, 2.24) is 0 Å². The van der Waals surface area contributed by atoms with Crippen LogP contribution in [0.25, 0.3) is 0 Å². The highest BCUT2D eigenvalue weighted by molar-refractivity contribution is 6.77. The van der Waals surface area contributed by atoms with E-state index in [0.29, 0.717) is 23.0 Å². The molecule has 0 amide bonds. The molecule has 0 aromatic heterocycles. The summed E-state index contributed by atoms with van der Waals surface area (Å²) in [5.74, 6) is -0.763. The normalized spacial score (nSPS) is 35.1. The fourth-order valence-corrected chi connectivity index (χ4v) is 14.1. The minimum Gasteiger partial charge on any atom is -0.469 e. The van der Waals surface area contributed by atoms with Crippen LogP contribution in [-0.4, -0.2) is 40.1 Å². The van der Waals surface area contributed by atoms with Gasteiger partial charge in [-0.2, -0.15) is 0 Å². The Morgan fingerprint density at radius 1 is 0.909 bits per heavy atom. The number of ether oxygens (including phenoxy) is 2. The summed E-state index contributed by atoms with van der Waals surface area (Å²) in [5, 5.41) is 0. The van der Waals surface area contributed by atoms with Crippen LogP contribution in [0.2, 0.25) is 16.6 Å². The first-order chi connectivity index (χ1) is 15.1. The lowest BCUT2D eigenvalue weighted by Crippen LogP contribution is -2.76. The van der Waals surface area contributed by atoms with Crippen LogP contribution in [0, 0.1) is 28.6 Å². The molecule has 2 fully saturated rings. The molecule has 4 aliphatic rings. The van der Waals surface area contributed by atoms with Crippen LogP contribution in [-0.2, 0) is 23.5 Å². The molecule has 33 heavy (non-hydrogen) atoms. The Balaban J connectivity index is 2.31. The highest BCUT2D eigenvalue weighted by Crippen LogP contribution is 2.73. The molecule has 0 heterocycles. The molecule has 188 valence electrons. The van der Waals surface area contributed by atoms with Gasteiger partial charge in [-0.3, -0.25) is 4.79 Å². The van der Waals surface area contributed by atoms with E-state index < -0.39 is 13.9 Å². The lowest BCUT2D eigenvalue weighted by Gasteiger charge is -2.70. The minimum absolute atomic E-state index is 0.00204. The average Bonchev–Trinajstić information content (AvgIpc) is 2.88. The zero-order valence-corrected chi connectivity index (χ0v) is 23.7. The van der Waals surface area contributed by atoms with Gasteiger partial charge in [0, 0.05) is 16.9 Å². The number of carbonyl (C=O) groups excluding carboxylic acids is 2. The summed E-state index contributed by atoms with van der Waals surface area (Å²) in [6.45, 7) is 20.6. The largest absolute Gasteiger partial charge is 0.469 e. The van der Waals surface area contributed by atoms with Gasteiger partial charge in [-0.15, -0.1) is 0 Å². The Morgan fingerprint density at radius 2 is 1.45 bits per heavy atom. The van der Waals surface area contributed by atoms with Gasteiger partial charge in [0.1, 0.15) is 0 Å². The molecule has 2 saturated carbocycles. The number of methoxy groups -OCH3 is 2. The Kier molecular flexibility index (Phi) is 6.82. The molecule has 4 rings (SSSR count). The predicted molar refractivity (Wildman–Crippen MR) is 133 cm³/mol. The van der Waals surface area contributed by atoms with Crippen molar-refractivity contribution < 1.29 is 23.5 Å². The van der Waals surface area contributed by atoms with Crippen molar-refractivity contribution >= 4 is 20.3 Å². The van der Waals surface area contributed by atoms with Gasteiger partial charge in [-0.05, 0) is 47.2 Å². The first-order valence-electron chi connectivity index (χ1n) is 12.7. The van der Waals surface area contributed by atoms with E-state index in [1.807, 2.05) is 0 Å². The monoisotopic (exact) mass is 478 g/mol. The van der Waals surface area contributed by atoms with E-state index >= 15 is 0 Å². The molecule has 0 N–H and O–H groups in total. The second-order valence-electron chi connectivity index (χ2n) is 12.8. The predicted octanol–water partition coefficient (Wildman–Crippen LogP) is 6.28. The van der Waals surface area contributed by atoms with E-state index in [-0.39, 0.29) is 40.5 Å². The van der Waals surface area contributed by atoms with E-state index in [0.717, 1.165) is 18.4 Å². The van der Waals surface area contributed by atoms with Gasteiger partial charge in [0.15, 0.2) is 0 Å². The second kappa shape index (κ2) is 8.51. The summed E-state index contributed by atoms with van der Waals surface area (Å²) >= 11 is 0. The Hall–Kier alpha value is -1.14. The Bertz CT molecular complexity index is 807. The summed E-state index contributed by atoms with van der Waals surface area (Å²) in [6.07, 6.45) is 4.58. The fourth-order valence-electron chi connectivity index (χ4n) is 8.31. The molecule has 2 bridgehead atoms. The highest BCUT2D eigenvalue weighted by atomic mass is 28.4. The molecule has 0 aliphatic heterocycles. The number of hydrogen-bond donors (Lipinski definition) is 0. The van der Waals surface area contributed by atoms with Gasteiger partial charge < -0.3 is 13.9 Å². The van der Waals surface area contributed by atoms with Gasteiger partial charge in [-0.1, -0.05) is 68.4 Å². The number of hydrogen-bond acceptors (Lipinski definition) is 5. The summed E-state index contributed by atoms with van der Waals surface area (Å²) in [5.41, 5.74) is 1.03. The maximum atomic E-state index is 13.2. The first-order valence-corrected chi connectivity index (χ1v) is 14.9. The van der Waals surface area contributed by atoms with Crippen molar-refractivity contribution in [2.45, 2.75) is 104 Å². The maximum absolute atomic E-state index is 13.2. The molecule has 0 saturated heterocycles. The Labute approximate surface area is 202 Å². The fraction of sp³-hybridized carbons (Fsp3) is 0.852. The molecule has 0 aromatic carbocycles. The van der Waals surface area contributed by atoms with E-state index in [2.05, 4.69) is 68.4 Å². The summed E-state index contributed by atoms with van der Waals surface area (Å²) in [7, 11) is 0.606. The SMILES string of the molecule is COC(=O)C1=CC2CC(C)(C)CC1C1(C)CC(C(=O)OC)C21O[Si](C(C)C)(C(C)C)C(C)C. The third kappa shape index (κ3) is 3.57. The molecule has 4 aliphatic carbocycles. The number of esters is 2. The lowest BCUT2D eigenvalue weighted by molar-refractivity contribution is -0.246. The van der Waals surface area contributed by atoms with Crippen LogP contribution in [0.5, 0.6) is 0 Å². The standard InChI is InChI=1S/C27H46O5Si/c1-16(2)33(17(3)4,18(5)6)32-27-19-12-20(23(28)30-10)21(14-25(7,8)13-19)26(27,9)15-22(27)24(29)31-11/h12,16-19,21-22H,13-15H2,1-11H3. The first kappa shape index (κ1) is 26.5. The molecule has 0 radical (unpaired) electrons. The highest BCUT2D eigenvalue weighted by Gasteiger charge is 2.77. The average molecular weight is 479 g/mol. The van der Waals surface area contributed by atoms with Gasteiger partial charge in [0.25, 0.3) is 0 Å². The van der Waals surface area contributed by atoms with E-state index in [4.69, 9.17) is 13.9 Å². The van der Waals surface area contributed by atoms with Gasteiger partial charge in [-0.25, -0.2) is 4.79 Å². The van der Waals surface area contributed by atoms with Gasteiger partial charge >= 0.3 is 11.9 Å². The zero-order valence-electron chi connectivity index (χ0n) is 22.7. The van der Waals surface area contributed by atoms with Crippen LogP contribution in [0.1, 0.15) is 81.6 Å². The van der Waals surface area contributed by atoms with Crippen molar-refractivity contribution in [3.63, 3.8) is 0 Å². The molecular formula is C27H46O5Si. The quantitative estimate of drug-likeness (QED) is 0.318. The van der Waals surface area contributed by atoms with Crippen molar-refractivity contribution in [2.75, 3.05) is 14.2 Å². The van der Waals surface area contributed by atoms with Crippen molar-refractivity contribution in [2.24, 2.45) is 28.6 Å². The van der Waals surface area contributed by atoms with Crippen LogP contribution in [0.4, 0.5) is 0 Å². The van der Waals surface area contributed by atoms with Crippen molar-refractivity contribution in [3.8, 4) is 0 Å². The number of carbonyl (C=O) groups is 2. The van der Waals surface area contributed by atoms with Gasteiger partial charge in [0.2, 0.25) is 8.32 Å². The summed E-state index contributed by atoms with van der Waals surface area (Å²) in [6, 6.07) is 0. The van der Waals surface area contributed by atoms with Crippen LogP contribution >= 0.6 is 0 Å². The third-order valence-electron chi connectivity index (χ3n) is 9.60. The molecule has 0 spiro atoms. The minimum atomic E-state index is -2.34. The van der Waals surface area contributed by atoms with Crippen molar-refractivity contribution in [3.05, 3.63) is 11.6 Å². The van der Waals surface area contributed by atoms with Crippen LogP contribution in [0.15, 0.2) is 11.6 Å². The molecule has 6 heteroatoms. The topological polar surface area (TPSA) is 61.8 Å². The third-order valence-corrected chi connectivity index (χ3v) is 15.7. The Morgan fingerprint density at radius 3 is 1.91 bits per heavy atom. The molecule has 5 nitrogen and oxygen atoms in total. The number of rotatable bonds is 7. The molecular weight excluding hydrogens is 432 g/mol. The lowest BCUT2D eigenvalue weighted by atomic mass is 9.40. The number of fused-ring (bicyclic) bond motifs is 2. The van der Waals surface area contributed by atoms with Crippen molar-refractivity contribution in [1.29, 1.82) is 0 Å². The molecule has 0 aromatic rings. The summed E-state index contributed by atoms with van der Waals surface area (Å²) < 4.78 is 18.3. The van der Waals surface area contributed by atoms with Gasteiger partial charge in [0.05, 0.1) is 25.7 Å².